The smallest absolute Gasteiger partial charge is 0.253 e. The van der Waals surface area contributed by atoms with Gasteiger partial charge in [0.25, 0.3) is 5.91 Å². The van der Waals surface area contributed by atoms with Gasteiger partial charge in [0.05, 0.1) is 17.5 Å². The lowest BCUT2D eigenvalue weighted by atomic mass is 10.1. The van der Waals surface area contributed by atoms with Gasteiger partial charge in [-0.1, -0.05) is 6.07 Å². The van der Waals surface area contributed by atoms with Crippen molar-refractivity contribution in [1.29, 1.82) is 0 Å². The van der Waals surface area contributed by atoms with Crippen LogP contribution in [-0.4, -0.2) is 45.4 Å². The van der Waals surface area contributed by atoms with Crippen LogP contribution in [0.3, 0.4) is 0 Å². The molecule has 0 saturated carbocycles. The maximum Gasteiger partial charge on any atom is 0.253 e. The van der Waals surface area contributed by atoms with Crippen molar-refractivity contribution >= 4 is 27.3 Å². The van der Waals surface area contributed by atoms with Crippen LogP contribution in [0.5, 0.6) is 0 Å². The molecule has 0 unspecified atom stereocenters. The van der Waals surface area contributed by atoms with Crippen molar-refractivity contribution in [3.63, 3.8) is 0 Å². The summed E-state index contributed by atoms with van der Waals surface area (Å²) < 4.78 is 31.3. The first-order chi connectivity index (χ1) is 11.4. The molecule has 132 valence electrons. The first kappa shape index (κ1) is 17.2. The SMILES string of the molecule is Cc1ccc(NC(=O)[C@@H]2CC[C@H](CN)O2)cc1N1CCCS1(=O)=O. The Morgan fingerprint density at radius 2 is 2.21 bits per heavy atom. The van der Waals surface area contributed by atoms with Gasteiger partial charge in [0.1, 0.15) is 6.10 Å². The number of hydrogen-bond acceptors (Lipinski definition) is 5. The van der Waals surface area contributed by atoms with Gasteiger partial charge in [-0.25, -0.2) is 8.42 Å². The second-order valence-corrected chi connectivity index (χ2v) is 8.30. The molecule has 8 heteroatoms. The average molecular weight is 353 g/mol. The molecule has 2 aliphatic heterocycles. The Balaban J connectivity index is 1.76. The third-order valence-corrected chi connectivity index (χ3v) is 6.36. The highest BCUT2D eigenvalue weighted by molar-refractivity contribution is 7.93. The summed E-state index contributed by atoms with van der Waals surface area (Å²) in [6.45, 7) is 2.75. The Morgan fingerprint density at radius 1 is 1.42 bits per heavy atom. The van der Waals surface area contributed by atoms with Crippen LogP contribution in [0.25, 0.3) is 0 Å². The summed E-state index contributed by atoms with van der Waals surface area (Å²) in [7, 11) is -3.25. The molecule has 2 saturated heterocycles. The monoisotopic (exact) mass is 353 g/mol. The minimum Gasteiger partial charge on any atom is -0.364 e. The van der Waals surface area contributed by atoms with Crippen LogP contribution in [0.4, 0.5) is 11.4 Å². The molecule has 3 N–H and O–H groups in total. The van der Waals surface area contributed by atoms with Gasteiger partial charge < -0.3 is 15.8 Å². The molecule has 0 bridgehead atoms. The van der Waals surface area contributed by atoms with E-state index in [-0.39, 0.29) is 17.8 Å². The van der Waals surface area contributed by atoms with E-state index >= 15 is 0 Å². The Morgan fingerprint density at radius 3 is 2.83 bits per heavy atom. The predicted molar refractivity (Wildman–Crippen MR) is 92.5 cm³/mol. The van der Waals surface area contributed by atoms with Crippen LogP contribution in [0.2, 0.25) is 0 Å². The largest absolute Gasteiger partial charge is 0.364 e. The van der Waals surface area contributed by atoms with Crippen LogP contribution in [0, 0.1) is 6.92 Å². The maximum atomic E-state index is 12.3. The summed E-state index contributed by atoms with van der Waals surface area (Å²) in [6, 6.07) is 5.30. The molecule has 2 fully saturated rings. The van der Waals surface area contributed by atoms with Crippen LogP contribution < -0.4 is 15.4 Å². The van der Waals surface area contributed by atoms with E-state index in [4.69, 9.17) is 10.5 Å². The lowest BCUT2D eigenvalue weighted by molar-refractivity contribution is -0.126. The van der Waals surface area contributed by atoms with Gasteiger partial charge in [0.2, 0.25) is 10.0 Å². The molecular formula is C16H23N3O4S. The molecule has 1 aromatic carbocycles. The van der Waals surface area contributed by atoms with Crippen LogP contribution in [-0.2, 0) is 19.6 Å². The van der Waals surface area contributed by atoms with Gasteiger partial charge in [0.15, 0.2) is 0 Å². The highest BCUT2D eigenvalue weighted by Crippen LogP contribution is 2.30. The Bertz CT molecular complexity index is 735. The molecule has 3 rings (SSSR count). The Labute approximate surface area is 142 Å². The molecular weight excluding hydrogens is 330 g/mol. The van der Waals surface area contributed by atoms with E-state index in [0.717, 1.165) is 12.0 Å². The minimum atomic E-state index is -3.25. The number of carbonyl (C=O) groups excluding carboxylic acids is 1. The molecule has 7 nitrogen and oxygen atoms in total. The fourth-order valence-electron chi connectivity index (χ4n) is 3.16. The molecule has 2 atom stereocenters. The molecule has 0 spiro atoms. The Hall–Kier alpha value is -1.64. The Kier molecular flexibility index (Phi) is 4.80. The van der Waals surface area contributed by atoms with E-state index in [1.165, 1.54) is 4.31 Å². The van der Waals surface area contributed by atoms with Crippen LogP contribution in [0.1, 0.15) is 24.8 Å². The highest BCUT2D eigenvalue weighted by atomic mass is 32.2. The van der Waals surface area contributed by atoms with Crippen LogP contribution in [0.15, 0.2) is 18.2 Å². The summed E-state index contributed by atoms with van der Waals surface area (Å²) in [4.78, 5) is 12.3. The molecule has 0 aliphatic carbocycles. The topological polar surface area (TPSA) is 102 Å². The number of ether oxygens (including phenoxy) is 1. The number of rotatable bonds is 4. The highest BCUT2D eigenvalue weighted by Gasteiger charge is 2.31. The number of benzene rings is 1. The summed E-state index contributed by atoms with van der Waals surface area (Å²) in [6.07, 6.45) is 1.48. The second kappa shape index (κ2) is 6.70. The zero-order valence-electron chi connectivity index (χ0n) is 13.7. The van der Waals surface area contributed by atoms with Crippen molar-refractivity contribution < 1.29 is 17.9 Å². The normalized spacial score (nSPS) is 25.8. The summed E-state index contributed by atoms with van der Waals surface area (Å²) in [5, 5.41) is 2.82. The third kappa shape index (κ3) is 3.40. The molecule has 0 aromatic heterocycles. The standard InChI is InChI=1S/C16H23N3O4S/c1-11-3-4-12(9-14(11)19-7-2-8-24(19,21)22)18-16(20)15-6-5-13(10-17)23-15/h3-4,9,13,15H,2,5-8,10,17H2,1H3,(H,18,20)/t13-,15+/m1/s1. The first-order valence-corrected chi connectivity index (χ1v) is 9.79. The number of nitrogens with zero attached hydrogens (tertiary/aromatic N) is 1. The maximum absolute atomic E-state index is 12.3. The van der Waals surface area contributed by atoms with Gasteiger partial charge in [-0.3, -0.25) is 9.10 Å². The predicted octanol–water partition coefficient (Wildman–Crippen LogP) is 0.980. The zero-order chi connectivity index (χ0) is 17.3. The quantitative estimate of drug-likeness (QED) is 0.840. The number of carbonyl (C=O) groups is 1. The number of nitrogens with two attached hydrogens (primary N) is 1. The molecule has 2 aliphatic rings. The average Bonchev–Trinajstić information content (AvgIpc) is 3.15. The number of anilines is 2. The van der Waals surface area contributed by atoms with Crippen LogP contribution >= 0.6 is 0 Å². The van der Waals surface area contributed by atoms with E-state index in [9.17, 15) is 13.2 Å². The fraction of sp³-hybridized carbons (Fsp3) is 0.562. The lowest BCUT2D eigenvalue weighted by Gasteiger charge is -2.20. The summed E-state index contributed by atoms with van der Waals surface area (Å²) >= 11 is 0. The molecule has 24 heavy (non-hydrogen) atoms. The van der Waals surface area contributed by atoms with E-state index in [2.05, 4.69) is 5.32 Å². The number of aryl methyl sites for hydroxylation is 1. The van der Waals surface area contributed by atoms with Gasteiger partial charge in [0, 0.05) is 18.8 Å². The van der Waals surface area contributed by atoms with E-state index < -0.39 is 16.1 Å². The summed E-state index contributed by atoms with van der Waals surface area (Å²) in [5.41, 5.74) is 7.62. The van der Waals surface area contributed by atoms with E-state index in [1.807, 2.05) is 13.0 Å². The number of nitrogens with one attached hydrogen (secondary N) is 1. The van der Waals surface area contributed by atoms with Crippen molar-refractivity contribution in [3.8, 4) is 0 Å². The van der Waals surface area contributed by atoms with Gasteiger partial charge in [-0.15, -0.1) is 0 Å². The zero-order valence-corrected chi connectivity index (χ0v) is 14.5. The van der Waals surface area contributed by atoms with Gasteiger partial charge in [-0.2, -0.15) is 0 Å². The summed E-state index contributed by atoms with van der Waals surface area (Å²) in [5.74, 6) is -0.0515. The van der Waals surface area contributed by atoms with Crippen molar-refractivity contribution in [3.05, 3.63) is 23.8 Å². The molecule has 0 radical (unpaired) electrons. The van der Waals surface area contributed by atoms with Gasteiger partial charge in [-0.05, 0) is 43.9 Å². The van der Waals surface area contributed by atoms with Crippen molar-refractivity contribution in [2.45, 2.75) is 38.4 Å². The fourth-order valence-corrected chi connectivity index (χ4v) is 4.78. The molecule has 1 aromatic rings. The van der Waals surface area contributed by atoms with E-state index in [1.54, 1.807) is 12.1 Å². The van der Waals surface area contributed by atoms with Crippen molar-refractivity contribution in [2.75, 3.05) is 28.5 Å². The first-order valence-electron chi connectivity index (χ1n) is 8.18. The number of amides is 1. The molecule has 2 heterocycles. The molecule has 1 amide bonds. The van der Waals surface area contributed by atoms with Crippen molar-refractivity contribution in [2.24, 2.45) is 5.73 Å². The second-order valence-electron chi connectivity index (χ2n) is 6.29. The van der Waals surface area contributed by atoms with Gasteiger partial charge >= 0.3 is 0 Å². The number of hydrogen-bond donors (Lipinski definition) is 2. The minimum absolute atomic E-state index is 0.0657. The number of sulfonamides is 1. The third-order valence-electron chi connectivity index (χ3n) is 4.51. The lowest BCUT2D eigenvalue weighted by Crippen LogP contribution is -2.30. The van der Waals surface area contributed by atoms with E-state index in [0.29, 0.717) is 37.3 Å². The van der Waals surface area contributed by atoms with Crippen molar-refractivity contribution in [1.82, 2.24) is 0 Å².